The minimum absolute atomic E-state index is 0.0305. The van der Waals surface area contributed by atoms with E-state index < -0.39 is 24.2 Å². The van der Waals surface area contributed by atoms with Crippen molar-refractivity contribution in [3.63, 3.8) is 0 Å². The van der Waals surface area contributed by atoms with Crippen molar-refractivity contribution in [1.29, 1.82) is 0 Å². The average Bonchev–Trinajstić information content (AvgIpc) is 3.19. The van der Waals surface area contributed by atoms with Crippen LogP contribution in [0.15, 0.2) is 0 Å². The second kappa shape index (κ2) is 43.1. The van der Waals surface area contributed by atoms with Gasteiger partial charge in [0.15, 0.2) is 0 Å². The fraction of sp³-hybridized carbons (Fsp3) is 1.00. The molecule has 3 nitrogen and oxygen atoms in total. The van der Waals surface area contributed by atoms with E-state index in [0.29, 0.717) is 5.92 Å². The molecule has 0 saturated carbocycles. The van der Waals surface area contributed by atoms with Gasteiger partial charge in [-0.3, -0.25) is 0 Å². The van der Waals surface area contributed by atoms with Gasteiger partial charge in [-0.1, -0.05) is 66.2 Å². The molecule has 0 aromatic rings. The van der Waals surface area contributed by atoms with Crippen molar-refractivity contribution in [2.75, 3.05) is 0 Å². The molecule has 0 aliphatic carbocycles. The van der Waals surface area contributed by atoms with Crippen molar-refractivity contribution in [1.82, 2.24) is 0 Å². The van der Waals surface area contributed by atoms with Crippen LogP contribution < -0.4 is 0 Å². The molecule has 0 fully saturated rings. The molecule has 0 aliphatic rings. The Balaban J connectivity index is 5.93. The Hall–Kier alpha value is 0.434. The summed E-state index contributed by atoms with van der Waals surface area (Å²) in [6.45, 7) is 14.1. The third-order valence-corrected chi connectivity index (χ3v) is 15.0. The average molecular weight is 841 g/mol. The van der Waals surface area contributed by atoms with Crippen molar-refractivity contribution < 1.29 is 28.9 Å². The van der Waals surface area contributed by atoms with Gasteiger partial charge in [0.05, 0.1) is 0 Å². The number of rotatable bonds is 48. The molecule has 0 unspecified atom stereocenters. The molecule has 0 bridgehead atoms. The molecule has 0 atom stereocenters. The normalized spacial score (nSPS) is 12.4. The Morgan fingerprint density at radius 2 is 0.544 bits per heavy atom. The predicted octanol–water partition coefficient (Wildman–Crippen LogP) is 19.4. The van der Waals surface area contributed by atoms with Gasteiger partial charge in [-0.2, -0.15) is 0 Å². The Morgan fingerprint density at radius 1 is 0.351 bits per heavy atom. The van der Waals surface area contributed by atoms with E-state index in [4.69, 9.17) is 3.32 Å². The standard InChI is InChI=1S/C53H107O.H2O.O.Ti/c1-7-11-15-19-23-27-31-35-39-43-47-52(51(5)6,48-44-40-36-32-28-24-20-16-12-8-2)53(54,49-45-41-37-33-29-25-21-17-13-9-3)50-46-42-38-34-30-26-22-18-14-10-4;;;/h51H,7-50H2,1-6H3;1H2;;/q-1;;;+2/p-1. The molecule has 342 valence electrons. The molecule has 0 spiro atoms. The Morgan fingerprint density at radius 3 is 0.737 bits per heavy atom. The number of hydrogen-bond donors (Lipinski definition) is 1. The van der Waals surface area contributed by atoms with E-state index in [2.05, 4.69) is 41.5 Å². The second-order valence-corrected chi connectivity index (χ2v) is 20.6. The quantitative estimate of drug-likeness (QED) is 0.0490. The zero-order chi connectivity index (χ0) is 42.0. The van der Waals surface area contributed by atoms with Crippen LogP contribution in [0.5, 0.6) is 0 Å². The number of unbranched alkanes of at least 4 members (excludes halogenated alkanes) is 36. The third kappa shape index (κ3) is 31.9. The summed E-state index contributed by atoms with van der Waals surface area (Å²) in [5.74, 6) is 0.443. The zero-order valence-electron chi connectivity index (χ0n) is 40.5. The molecule has 4 heteroatoms. The van der Waals surface area contributed by atoms with E-state index in [0.717, 1.165) is 25.7 Å². The molecule has 0 heterocycles. The van der Waals surface area contributed by atoms with Crippen LogP contribution in [0.25, 0.3) is 0 Å². The molecule has 0 aliphatic heterocycles. The van der Waals surface area contributed by atoms with Crippen LogP contribution in [-0.4, -0.2) is 9.29 Å². The molecule has 0 amide bonds. The van der Waals surface area contributed by atoms with Crippen LogP contribution in [0, 0.1) is 11.3 Å². The Bertz CT molecular complexity index is 764. The SMILES string of the molecule is CCCCCCCCCCCCC(CCCCCCCCCCCC)([O][Ti](=[O])[OH])C(CCCCCCCCCCCC)(CCCCCCCCCCCC)C(C)C. The van der Waals surface area contributed by atoms with Gasteiger partial charge in [-0.05, 0) is 0 Å². The van der Waals surface area contributed by atoms with Gasteiger partial charge >= 0.3 is 304 Å². The summed E-state index contributed by atoms with van der Waals surface area (Å²) < 4.78 is 30.8. The molecule has 57 heavy (non-hydrogen) atoms. The first-order valence-corrected chi connectivity index (χ1v) is 28.7. The maximum absolute atomic E-state index is 13.2. The van der Waals surface area contributed by atoms with Crippen molar-refractivity contribution in [3.8, 4) is 0 Å². The maximum atomic E-state index is 13.2. The fourth-order valence-corrected chi connectivity index (χ4v) is 11.5. The molecule has 0 saturated heterocycles. The summed E-state index contributed by atoms with van der Waals surface area (Å²) in [7, 11) is 0. The molecular weight excluding hydrogens is 732 g/mol. The van der Waals surface area contributed by atoms with E-state index >= 15 is 0 Å². The van der Waals surface area contributed by atoms with Gasteiger partial charge in [0, 0.05) is 0 Å². The number of hydrogen-bond acceptors (Lipinski definition) is 2. The fourth-order valence-electron chi connectivity index (χ4n) is 10.3. The van der Waals surface area contributed by atoms with E-state index in [1.54, 1.807) is 0 Å². The molecule has 0 rings (SSSR count). The van der Waals surface area contributed by atoms with E-state index in [1.807, 2.05) is 0 Å². The predicted molar refractivity (Wildman–Crippen MR) is 250 cm³/mol. The molecule has 0 aromatic carbocycles. The summed E-state index contributed by atoms with van der Waals surface area (Å²) in [5, 5.41) is 0. The topological polar surface area (TPSA) is 46.5 Å². The van der Waals surface area contributed by atoms with Gasteiger partial charge in [0.1, 0.15) is 0 Å². The van der Waals surface area contributed by atoms with E-state index in [-0.39, 0.29) is 5.41 Å². The summed E-state index contributed by atoms with van der Waals surface area (Å²) in [5.41, 5.74) is -0.497. The Kier molecular flexibility index (Phi) is 43.4. The summed E-state index contributed by atoms with van der Waals surface area (Å²) in [4.78, 5) is 0. The second-order valence-electron chi connectivity index (χ2n) is 19.4. The van der Waals surface area contributed by atoms with Crippen LogP contribution in [0.3, 0.4) is 0 Å². The van der Waals surface area contributed by atoms with E-state index in [1.165, 1.54) is 257 Å². The van der Waals surface area contributed by atoms with Crippen molar-refractivity contribution in [2.24, 2.45) is 11.3 Å². The Labute approximate surface area is 368 Å². The summed E-state index contributed by atoms with van der Waals surface area (Å²) >= 11 is -3.80. The molecular formula is C53H108O3Ti. The van der Waals surface area contributed by atoms with Crippen LogP contribution in [0.2, 0.25) is 0 Å². The van der Waals surface area contributed by atoms with Gasteiger partial charge in [0.25, 0.3) is 0 Å². The van der Waals surface area contributed by atoms with Crippen molar-refractivity contribution in [2.45, 2.75) is 330 Å². The van der Waals surface area contributed by atoms with Crippen LogP contribution in [0.4, 0.5) is 0 Å². The van der Waals surface area contributed by atoms with Crippen LogP contribution in [0.1, 0.15) is 324 Å². The van der Waals surface area contributed by atoms with Gasteiger partial charge < -0.3 is 0 Å². The first kappa shape index (κ1) is 57.4. The minimum atomic E-state index is -3.80. The molecule has 0 radical (unpaired) electrons. The van der Waals surface area contributed by atoms with Crippen LogP contribution >= 0.6 is 0 Å². The zero-order valence-corrected chi connectivity index (χ0v) is 42.0. The molecule has 0 aromatic heterocycles. The van der Waals surface area contributed by atoms with Crippen molar-refractivity contribution in [3.05, 3.63) is 0 Å². The van der Waals surface area contributed by atoms with Gasteiger partial charge in [0.2, 0.25) is 0 Å². The molecule has 1 N–H and O–H groups in total. The van der Waals surface area contributed by atoms with Gasteiger partial charge in [-0.15, -0.1) is 0 Å². The first-order valence-electron chi connectivity index (χ1n) is 26.8. The van der Waals surface area contributed by atoms with Crippen molar-refractivity contribution >= 4 is 0 Å². The first-order chi connectivity index (χ1) is 27.9. The monoisotopic (exact) mass is 841 g/mol. The third-order valence-electron chi connectivity index (χ3n) is 14.1. The van der Waals surface area contributed by atoms with Crippen LogP contribution in [-0.2, 0) is 25.3 Å². The summed E-state index contributed by atoms with van der Waals surface area (Å²) in [6, 6.07) is 0. The van der Waals surface area contributed by atoms with E-state index in [9.17, 15) is 7.01 Å². The summed E-state index contributed by atoms with van der Waals surface area (Å²) in [6.07, 6.45) is 57.9. The van der Waals surface area contributed by atoms with Gasteiger partial charge in [-0.25, -0.2) is 0 Å².